The third-order valence-corrected chi connectivity index (χ3v) is 4.83. The minimum absolute atomic E-state index is 0.545. The summed E-state index contributed by atoms with van der Waals surface area (Å²) in [6.45, 7) is 0. The van der Waals surface area contributed by atoms with Crippen molar-refractivity contribution in [3.63, 3.8) is 0 Å². The van der Waals surface area contributed by atoms with E-state index in [4.69, 9.17) is 39.8 Å². The SMILES string of the molecule is Clc1cccc(-c2[nH]c(-c3ccc(Cl)cc3Cl)nc2-c2ccccc2)c1. The molecule has 3 aromatic carbocycles. The van der Waals surface area contributed by atoms with Gasteiger partial charge in [-0.05, 0) is 30.3 Å². The molecule has 4 rings (SSSR count). The maximum absolute atomic E-state index is 6.38. The largest absolute Gasteiger partial charge is 0.337 e. The highest BCUT2D eigenvalue weighted by Gasteiger charge is 2.17. The van der Waals surface area contributed by atoms with E-state index in [1.165, 1.54) is 0 Å². The fourth-order valence-electron chi connectivity index (χ4n) is 2.84. The molecule has 0 unspecified atom stereocenters. The monoisotopic (exact) mass is 398 g/mol. The summed E-state index contributed by atoms with van der Waals surface area (Å²) >= 11 is 18.6. The number of rotatable bonds is 3. The van der Waals surface area contributed by atoms with Crippen molar-refractivity contribution in [2.75, 3.05) is 0 Å². The summed E-state index contributed by atoms with van der Waals surface area (Å²) in [7, 11) is 0. The van der Waals surface area contributed by atoms with Crippen molar-refractivity contribution in [2.45, 2.75) is 0 Å². The summed E-state index contributed by atoms with van der Waals surface area (Å²) in [5.41, 5.74) is 4.49. The Hall–Kier alpha value is -2.26. The van der Waals surface area contributed by atoms with E-state index in [9.17, 15) is 0 Å². The second kappa shape index (κ2) is 7.16. The fraction of sp³-hybridized carbons (Fsp3) is 0. The van der Waals surface area contributed by atoms with Crippen LogP contribution in [0.25, 0.3) is 33.9 Å². The fourth-order valence-corrected chi connectivity index (χ4v) is 3.53. The average Bonchev–Trinajstić information content (AvgIpc) is 3.07. The number of nitrogens with one attached hydrogen (secondary N) is 1. The van der Waals surface area contributed by atoms with Crippen molar-refractivity contribution in [1.29, 1.82) is 0 Å². The van der Waals surface area contributed by atoms with E-state index in [2.05, 4.69) is 4.98 Å². The average molecular weight is 400 g/mol. The van der Waals surface area contributed by atoms with Gasteiger partial charge in [0.2, 0.25) is 0 Å². The van der Waals surface area contributed by atoms with Crippen molar-refractivity contribution < 1.29 is 0 Å². The van der Waals surface area contributed by atoms with E-state index in [-0.39, 0.29) is 0 Å². The van der Waals surface area contributed by atoms with E-state index < -0.39 is 0 Å². The lowest BCUT2D eigenvalue weighted by molar-refractivity contribution is 1.31. The van der Waals surface area contributed by atoms with Gasteiger partial charge in [-0.15, -0.1) is 0 Å². The molecule has 0 aliphatic carbocycles. The molecule has 1 aromatic heterocycles. The number of aromatic nitrogens is 2. The molecule has 0 atom stereocenters. The summed E-state index contributed by atoms with van der Waals surface area (Å²) in [5.74, 6) is 0.681. The molecule has 0 radical (unpaired) electrons. The highest BCUT2D eigenvalue weighted by atomic mass is 35.5. The first-order chi connectivity index (χ1) is 12.6. The summed E-state index contributed by atoms with van der Waals surface area (Å²) in [6.07, 6.45) is 0. The summed E-state index contributed by atoms with van der Waals surface area (Å²) in [5, 5.41) is 1.80. The lowest BCUT2D eigenvalue weighted by Gasteiger charge is -2.03. The van der Waals surface area contributed by atoms with Gasteiger partial charge in [-0.25, -0.2) is 4.98 Å². The predicted molar refractivity (Wildman–Crippen MR) is 110 cm³/mol. The summed E-state index contributed by atoms with van der Waals surface area (Å²) < 4.78 is 0. The number of aromatic amines is 1. The second-order valence-corrected chi connectivity index (χ2v) is 7.09. The van der Waals surface area contributed by atoms with Gasteiger partial charge in [0.25, 0.3) is 0 Å². The number of hydrogen-bond acceptors (Lipinski definition) is 1. The second-order valence-electron chi connectivity index (χ2n) is 5.81. The maximum atomic E-state index is 6.38. The maximum Gasteiger partial charge on any atom is 0.140 e. The number of benzene rings is 3. The van der Waals surface area contributed by atoms with Gasteiger partial charge in [0.1, 0.15) is 5.82 Å². The molecule has 5 heteroatoms. The quantitative estimate of drug-likeness (QED) is 0.383. The van der Waals surface area contributed by atoms with Gasteiger partial charge in [-0.2, -0.15) is 0 Å². The first-order valence-electron chi connectivity index (χ1n) is 7.98. The van der Waals surface area contributed by atoms with Crippen molar-refractivity contribution in [3.05, 3.63) is 87.9 Å². The molecule has 0 spiro atoms. The number of imidazole rings is 1. The van der Waals surface area contributed by atoms with Crippen LogP contribution in [0.15, 0.2) is 72.8 Å². The third-order valence-electron chi connectivity index (χ3n) is 4.05. The zero-order valence-electron chi connectivity index (χ0n) is 13.5. The molecular formula is C21H13Cl3N2. The van der Waals surface area contributed by atoms with Crippen LogP contribution in [0.2, 0.25) is 15.1 Å². The molecule has 1 N–H and O–H groups in total. The Morgan fingerprint density at radius 3 is 2.15 bits per heavy atom. The van der Waals surface area contributed by atoms with Crippen LogP contribution in [0.1, 0.15) is 0 Å². The Morgan fingerprint density at radius 2 is 1.42 bits per heavy atom. The topological polar surface area (TPSA) is 28.7 Å². The van der Waals surface area contributed by atoms with Crippen LogP contribution in [0, 0.1) is 0 Å². The van der Waals surface area contributed by atoms with Crippen LogP contribution in [0.4, 0.5) is 0 Å². The van der Waals surface area contributed by atoms with Gasteiger partial charge in [-0.3, -0.25) is 0 Å². The number of halogens is 3. The highest BCUT2D eigenvalue weighted by Crippen LogP contribution is 2.36. The number of hydrogen-bond donors (Lipinski definition) is 1. The van der Waals surface area contributed by atoms with E-state index >= 15 is 0 Å². The van der Waals surface area contributed by atoms with Gasteiger partial charge < -0.3 is 4.98 Å². The molecule has 0 bridgehead atoms. The molecule has 2 nitrogen and oxygen atoms in total. The molecule has 0 saturated carbocycles. The van der Waals surface area contributed by atoms with Crippen molar-refractivity contribution in [3.8, 4) is 33.9 Å². The summed E-state index contributed by atoms with van der Waals surface area (Å²) in [4.78, 5) is 8.22. The van der Waals surface area contributed by atoms with Gasteiger partial charge in [-0.1, -0.05) is 77.3 Å². The first kappa shape index (κ1) is 17.2. The van der Waals surface area contributed by atoms with Gasteiger partial charge in [0.15, 0.2) is 0 Å². The summed E-state index contributed by atoms with van der Waals surface area (Å²) in [6, 6.07) is 23.0. The molecule has 4 aromatic rings. The normalized spacial score (nSPS) is 10.9. The molecule has 0 fully saturated rings. The standard InChI is InChI=1S/C21H13Cl3N2/c22-15-8-4-7-14(11-15)20-19(13-5-2-1-3-6-13)25-21(26-20)17-10-9-16(23)12-18(17)24/h1-12H,(H,25,26). The molecular weight excluding hydrogens is 387 g/mol. The number of nitrogens with zero attached hydrogens (tertiary/aromatic N) is 1. The first-order valence-corrected chi connectivity index (χ1v) is 9.12. The van der Waals surface area contributed by atoms with Crippen LogP contribution in [-0.2, 0) is 0 Å². The lowest BCUT2D eigenvalue weighted by atomic mass is 10.1. The van der Waals surface area contributed by atoms with E-state index in [1.54, 1.807) is 12.1 Å². The highest BCUT2D eigenvalue weighted by molar-refractivity contribution is 6.36. The molecule has 0 saturated heterocycles. The van der Waals surface area contributed by atoms with Crippen molar-refractivity contribution in [1.82, 2.24) is 9.97 Å². The third kappa shape index (κ3) is 3.36. The van der Waals surface area contributed by atoms with Crippen molar-refractivity contribution >= 4 is 34.8 Å². The van der Waals surface area contributed by atoms with E-state index in [1.807, 2.05) is 60.7 Å². The van der Waals surface area contributed by atoms with E-state index in [0.29, 0.717) is 20.9 Å². The smallest absolute Gasteiger partial charge is 0.140 e. The molecule has 0 aliphatic rings. The predicted octanol–water partition coefficient (Wildman–Crippen LogP) is 7.37. The zero-order chi connectivity index (χ0) is 18.1. The van der Waals surface area contributed by atoms with E-state index in [0.717, 1.165) is 28.1 Å². The molecule has 0 amide bonds. The Balaban J connectivity index is 1.93. The Morgan fingerprint density at radius 1 is 0.692 bits per heavy atom. The van der Waals surface area contributed by atoms with Crippen LogP contribution >= 0.6 is 34.8 Å². The Kier molecular flexibility index (Phi) is 4.73. The van der Waals surface area contributed by atoms with Crippen molar-refractivity contribution in [2.24, 2.45) is 0 Å². The molecule has 1 heterocycles. The van der Waals surface area contributed by atoms with Gasteiger partial charge in [0, 0.05) is 26.7 Å². The molecule has 0 aliphatic heterocycles. The minimum atomic E-state index is 0.545. The van der Waals surface area contributed by atoms with Gasteiger partial charge in [0.05, 0.1) is 16.4 Å². The Labute approximate surface area is 166 Å². The van der Waals surface area contributed by atoms with Gasteiger partial charge >= 0.3 is 0 Å². The van der Waals surface area contributed by atoms with Crippen LogP contribution < -0.4 is 0 Å². The molecule has 128 valence electrons. The Bertz CT molecular complexity index is 1070. The zero-order valence-corrected chi connectivity index (χ0v) is 15.8. The minimum Gasteiger partial charge on any atom is -0.337 e. The van der Waals surface area contributed by atoms with Crippen LogP contribution in [0.5, 0.6) is 0 Å². The molecule has 26 heavy (non-hydrogen) atoms. The lowest BCUT2D eigenvalue weighted by Crippen LogP contribution is -1.83. The van der Waals surface area contributed by atoms with Crippen LogP contribution in [-0.4, -0.2) is 9.97 Å². The number of H-pyrrole nitrogens is 1. The van der Waals surface area contributed by atoms with Crippen LogP contribution in [0.3, 0.4) is 0 Å².